The molecule has 0 aliphatic carbocycles. The average molecular weight is 295 g/mol. The number of nitro groups is 1. The highest BCUT2D eigenvalue weighted by Gasteiger charge is 2.13. The van der Waals surface area contributed by atoms with Gasteiger partial charge in [0.1, 0.15) is 17.3 Å². The molecule has 1 aromatic heterocycles. The lowest BCUT2D eigenvalue weighted by atomic mass is 10.1. The predicted molar refractivity (Wildman–Crippen MR) is 82.1 cm³/mol. The molecular weight excluding hydrogens is 282 g/mol. The van der Waals surface area contributed by atoms with Crippen LogP contribution in [0.25, 0.3) is 11.3 Å². The van der Waals surface area contributed by atoms with Crippen LogP contribution in [0.2, 0.25) is 0 Å². The van der Waals surface area contributed by atoms with Gasteiger partial charge in [-0.15, -0.1) is 0 Å². The van der Waals surface area contributed by atoms with Crippen LogP contribution in [0.1, 0.15) is 5.56 Å². The summed E-state index contributed by atoms with van der Waals surface area (Å²) in [5, 5.41) is 11.1. The van der Waals surface area contributed by atoms with Crippen LogP contribution in [0.4, 0.5) is 5.69 Å². The number of ether oxygens (including phenoxy) is 1. The molecule has 0 unspecified atom stereocenters. The Labute approximate surface area is 126 Å². The fourth-order valence-electron chi connectivity index (χ4n) is 2.15. The summed E-state index contributed by atoms with van der Waals surface area (Å²) in [6, 6.07) is 15.5. The quantitative estimate of drug-likeness (QED) is 0.504. The van der Waals surface area contributed by atoms with Crippen molar-refractivity contribution < 1.29 is 14.1 Å². The second-order valence-corrected chi connectivity index (χ2v) is 4.87. The lowest BCUT2D eigenvalue weighted by molar-refractivity contribution is -0.384. The van der Waals surface area contributed by atoms with Gasteiger partial charge in [-0.3, -0.25) is 10.1 Å². The number of aryl methyl sites for hydroxylation is 1. The van der Waals surface area contributed by atoms with E-state index in [9.17, 15) is 10.1 Å². The van der Waals surface area contributed by atoms with Crippen LogP contribution in [-0.2, 0) is 0 Å². The van der Waals surface area contributed by atoms with Crippen LogP contribution in [-0.4, -0.2) is 4.92 Å². The number of nitrogens with zero attached hydrogens (tertiary/aromatic N) is 1. The van der Waals surface area contributed by atoms with E-state index >= 15 is 0 Å². The Morgan fingerprint density at radius 1 is 1.05 bits per heavy atom. The summed E-state index contributed by atoms with van der Waals surface area (Å²) in [6.07, 6.45) is 1.52. The van der Waals surface area contributed by atoms with Gasteiger partial charge in [-0.2, -0.15) is 0 Å². The topological polar surface area (TPSA) is 65.5 Å². The van der Waals surface area contributed by atoms with E-state index in [1.807, 2.05) is 25.1 Å². The molecule has 0 aliphatic rings. The molecule has 5 nitrogen and oxygen atoms in total. The molecule has 0 amide bonds. The molecule has 0 aliphatic heterocycles. The number of hydrogen-bond acceptors (Lipinski definition) is 4. The van der Waals surface area contributed by atoms with Gasteiger partial charge in [0.2, 0.25) is 0 Å². The van der Waals surface area contributed by atoms with Gasteiger partial charge in [0.15, 0.2) is 0 Å². The van der Waals surface area contributed by atoms with Gasteiger partial charge in [-0.25, -0.2) is 0 Å². The number of non-ortho nitro benzene ring substituents is 1. The van der Waals surface area contributed by atoms with Gasteiger partial charge in [0, 0.05) is 11.6 Å². The van der Waals surface area contributed by atoms with E-state index < -0.39 is 4.92 Å². The molecule has 2 aromatic carbocycles. The van der Waals surface area contributed by atoms with E-state index in [0.717, 1.165) is 5.56 Å². The van der Waals surface area contributed by atoms with Crippen molar-refractivity contribution in [3.8, 4) is 22.8 Å². The van der Waals surface area contributed by atoms with Gasteiger partial charge in [-0.05, 0) is 42.8 Å². The number of nitro benzene ring substituents is 1. The molecule has 0 spiro atoms. The molecule has 0 fully saturated rings. The van der Waals surface area contributed by atoms with E-state index in [1.54, 1.807) is 24.3 Å². The summed E-state index contributed by atoms with van der Waals surface area (Å²) in [5.74, 6) is 1.58. The maximum absolute atomic E-state index is 11.1. The second-order valence-electron chi connectivity index (χ2n) is 4.87. The number of rotatable bonds is 4. The molecule has 3 aromatic rings. The van der Waals surface area contributed by atoms with Crippen molar-refractivity contribution in [1.82, 2.24) is 0 Å². The van der Waals surface area contributed by atoms with E-state index in [-0.39, 0.29) is 5.69 Å². The molecule has 0 saturated heterocycles. The largest absolute Gasteiger partial charge is 0.464 e. The minimum Gasteiger partial charge on any atom is -0.464 e. The zero-order chi connectivity index (χ0) is 15.5. The van der Waals surface area contributed by atoms with Crippen LogP contribution < -0.4 is 4.74 Å². The normalized spacial score (nSPS) is 10.4. The maximum Gasteiger partial charge on any atom is 0.273 e. The predicted octanol–water partition coefficient (Wildman–Crippen LogP) is 4.96. The van der Waals surface area contributed by atoms with Crippen molar-refractivity contribution in [2.45, 2.75) is 6.92 Å². The van der Waals surface area contributed by atoms with Crippen LogP contribution in [0.15, 0.2) is 65.3 Å². The second kappa shape index (κ2) is 5.73. The Balaban J connectivity index is 2.01. The smallest absolute Gasteiger partial charge is 0.273 e. The van der Waals surface area contributed by atoms with Gasteiger partial charge >= 0.3 is 0 Å². The standard InChI is InChI=1S/C17H13NO4/c1-12-4-2-5-15(8-12)22-16-10-13(17-6-3-7-21-17)9-14(11-16)18(19)20/h2-11H,1H3. The molecule has 110 valence electrons. The first-order valence-corrected chi connectivity index (χ1v) is 6.70. The Bertz CT molecular complexity index is 809. The highest BCUT2D eigenvalue weighted by Crippen LogP contribution is 2.32. The van der Waals surface area contributed by atoms with Crippen LogP contribution >= 0.6 is 0 Å². The number of hydrogen-bond donors (Lipinski definition) is 0. The summed E-state index contributed by atoms with van der Waals surface area (Å²) in [6.45, 7) is 1.95. The van der Waals surface area contributed by atoms with Crippen LogP contribution in [0, 0.1) is 17.0 Å². The van der Waals surface area contributed by atoms with Crippen molar-refractivity contribution in [3.63, 3.8) is 0 Å². The molecule has 0 atom stereocenters. The summed E-state index contributed by atoms with van der Waals surface area (Å²) in [4.78, 5) is 10.7. The first-order chi connectivity index (χ1) is 10.6. The van der Waals surface area contributed by atoms with Crippen molar-refractivity contribution in [1.29, 1.82) is 0 Å². The van der Waals surface area contributed by atoms with Crippen molar-refractivity contribution >= 4 is 5.69 Å². The molecular formula is C17H13NO4. The van der Waals surface area contributed by atoms with E-state index in [1.165, 1.54) is 18.4 Å². The van der Waals surface area contributed by atoms with Crippen molar-refractivity contribution in [2.75, 3.05) is 0 Å². The number of benzene rings is 2. The number of furan rings is 1. The van der Waals surface area contributed by atoms with Gasteiger partial charge < -0.3 is 9.15 Å². The minimum atomic E-state index is -0.449. The van der Waals surface area contributed by atoms with Gasteiger partial charge in [0.25, 0.3) is 5.69 Å². The molecule has 0 bridgehead atoms. The highest BCUT2D eigenvalue weighted by atomic mass is 16.6. The van der Waals surface area contributed by atoms with Crippen molar-refractivity contribution in [2.24, 2.45) is 0 Å². The van der Waals surface area contributed by atoms with Gasteiger partial charge in [0.05, 0.1) is 17.3 Å². The van der Waals surface area contributed by atoms with E-state index in [2.05, 4.69) is 0 Å². The first kappa shape index (κ1) is 13.9. The zero-order valence-electron chi connectivity index (χ0n) is 11.9. The van der Waals surface area contributed by atoms with Crippen LogP contribution in [0.3, 0.4) is 0 Å². The molecule has 3 rings (SSSR count). The fourth-order valence-corrected chi connectivity index (χ4v) is 2.15. The Kier molecular flexibility index (Phi) is 3.62. The molecule has 1 heterocycles. The Morgan fingerprint density at radius 2 is 1.91 bits per heavy atom. The fraction of sp³-hybridized carbons (Fsp3) is 0.0588. The van der Waals surface area contributed by atoms with Crippen LogP contribution in [0.5, 0.6) is 11.5 Å². The highest BCUT2D eigenvalue weighted by molar-refractivity contribution is 5.64. The van der Waals surface area contributed by atoms with Gasteiger partial charge in [-0.1, -0.05) is 12.1 Å². The maximum atomic E-state index is 11.1. The Morgan fingerprint density at radius 3 is 2.59 bits per heavy atom. The lowest BCUT2D eigenvalue weighted by Crippen LogP contribution is -1.91. The third-order valence-electron chi connectivity index (χ3n) is 3.13. The summed E-state index contributed by atoms with van der Waals surface area (Å²) in [7, 11) is 0. The van der Waals surface area contributed by atoms with Crippen molar-refractivity contribution in [3.05, 3.63) is 76.5 Å². The average Bonchev–Trinajstić information content (AvgIpc) is 3.01. The summed E-state index contributed by atoms with van der Waals surface area (Å²) >= 11 is 0. The third-order valence-corrected chi connectivity index (χ3v) is 3.13. The molecule has 0 saturated carbocycles. The molecule has 0 N–H and O–H groups in total. The third kappa shape index (κ3) is 2.98. The zero-order valence-corrected chi connectivity index (χ0v) is 11.9. The summed E-state index contributed by atoms with van der Waals surface area (Å²) in [5.41, 5.74) is 1.60. The van der Waals surface area contributed by atoms with E-state index in [0.29, 0.717) is 22.8 Å². The molecule has 0 radical (unpaired) electrons. The monoisotopic (exact) mass is 295 g/mol. The summed E-state index contributed by atoms with van der Waals surface area (Å²) < 4.78 is 11.0. The molecule has 5 heteroatoms. The Hall–Kier alpha value is -3.08. The lowest BCUT2D eigenvalue weighted by Gasteiger charge is -2.08. The molecule has 22 heavy (non-hydrogen) atoms. The minimum absolute atomic E-state index is 0.0449. The first-order valence-electron chi connectivity index (χ1n) is 6.70. The van der Waals surface area contributed by atoms with E-state index in [4.69, 9.17) is 9.15 Å². The SMILES string of the molecule is Cc1cccc(Oc2cc(-c3ccco3)cc([N+](=O)[O-])c2)c1.